The fraction of sp³-hybridized carbons (Fsp3) is 0.800. The molecule has 23 heavy (non-hydrogen) atoms. The molecule has 3 nitrogen and oxygen atoms in total. The molecule has 0 aromatic rings. The Morgan fingerprint density at radius 1 is 0.826 bits per heavy atom. The molecule has 0 saturated heterocycles. The van der Waals surface area contributed by atoms with E-state index in [9.17, 15) is 9.59 Å². The summed E-state index contributed by atoms with van der Waals surface area (Å²) in [6, 6.07) is 0. The van der Waals surface area contributed by atoms with Crippen LogP contribution in [0.2, 0.25) is 0 Å². The molecule has 0 aliphatic heterocycles. The predicted octanol–water partition coefficient (Wildman–Crippen LogP) is 5.92. The number of ketones is 1. The third-order valence-electron chi connectivity index (χ3n) is 4.29. The van der Waals surface area contributed by atoms with Gasteiger partial charge in [0, 0.05) is 0 Å². The van der Waals surface area contributed by atoms with Gasteiger partial charge < -0.3 is 5.11 Å². The Morgan fingerprint density at radius 3 is 1.78 bits per heavy atom. The molecule has 0 radical (unpaired) electrons. The maximum absolute atomic E-state index is 11.2. The number of rotatable bonds is 16. The van der Waals surface area contributed by atoms with Crippen molar-refractivity contribution in [2.45, 2.75) is 97.3 Å². The number of hydrogen-bond donors (Lipinski definition) is 1. The molecule has 0 aromatic heterocycles. The van der Waals surface area contributed by atoms with Crippen LogP contribution in [0.15, 0.2) is 12.2 Å². The lowest BCUT2D eigenvalue weighted by molar-refractivity contribution is -0.146. The van der Waals surface area contributed by atoms with E-state index in [1.807, 2.05) is 0 Å². The van der Waals surface area contributed by atoms with E-state index in [-0.39, 0.29) is 5.78 Å². The van der Waals surface area contributed by atoms with Gasteiger partial charge in [0.25, 0.3) is 0 Å². The maximum atomic E-state index is 11.2. The van der Waals surface area contributed by atoms with Crippen LogP contribution in [0, 0.1) is 5.92 Å². The lowest BCUT2D eigenvalue weighted by atomic mass is 9.97. The number of carboxylic acids is 1. The fourth-order valence-corrected chi connectivity index (χ4v) is 2.74. The van der Waals surface area contributed by atoms with Crippen LogP contribution in [-0.4, -0.2) is 16.9 Å². The first-order chi connectivity index (χ1) is 11.1. The SMILES string of the molecule is CCCCCCCC/C=C\CCCCCCC(C(C)=O)C(=O)O. The number of carboxylic acid groups (broad SMARTS) is 1. The van der Waals surface area contributed by atoms with E-state index >= 15 is 0 Å². The van der Waals surface area contributed by atoms with Crippen molar-refractivity contribution in [3.8, 4) is 0 Å². The summed E-state index contributed by atoms with van der Waals surface area (Å²) in [6.45, 7) is 3.62. The second-order valence-electron chi connectivity index (χ2n) is 6.52. The van der Waals surface area contributed by atoms with Crippen molar-refractivity contribution in [3.63, 3.8) is 0 Å². The fourth-order valence-electron chi connectivity index (χ4n) is 2.74. The Morgan fingerprint density at radius 2 is 1.30 bits per heavy atom. The number of carbonyl (C=O) groups is 2. The molecule has 0 fully saturated rings. The zero-order valence-electron chi connectivity index (χ0n) is 15.2. The summed E-state index contributed by atoms with van der Waals surface area (Å²) < 4.78 is 0. The van der Waals surface area contributed by atoms with Crippen molar-refractivity contribution in [2.75, 3.05) is 0 Å². The number of Topliss-reactive ketones (excluding diaryl/α,β-unsaturated/α-hetero) is 1. The molecule has 3 heteroatoms. The number of allylic oxidation sites excluding steroid dienone is 2. The molecule has 1 unspecified atom stereocenters. The lowest BCUT2D eigenvalue weighted by Crippen LogP contribution is -2.21. The van der Waals surface area contributed by atoms with Gasteiger partial charge in [-0.3, -0.25) is 9.59 Å². The van der Waals surface area contributed by atoms with E-state index in [0.29, 0.717) is 6.42 Å². The first-order valence-corrected chi connectivity index (χ1v) is 9.47. The smallest absolute Gasteiger partial charge is 0.314 e. The topological polar surface area (TPSA) is 54.4 Å². The highest BCUT2D eigenvalue weighted by atomic mass is 16.4. The molecular weight excluding hydrogens is 288 g/mol. The van der Waals surface area contributed by atoms with Crippen molar-refractivity contribution < 1.29 is 14.7 Å². The summed E-state index contributed by atoms with van der Waals surface area (Å²) in [5.41, 5.74) is 0. The van der Waals surface area contributed by atoms with Gasteiger partial charge in [-0.15, -0.1) is 0 Å². The molecular formula is C20H36O3. The number of unbranched alkanes of at least 4 members (excludes halogenated alkanes) is 10. The van der Waals surface area contributed by atoms with Gasteiger partial charge in [-0.1, -0.05) is 70.4 Å². The van der Waals surface area contributed by atoms with Crippen LogP contribution in [0.3, 0.4) is 0 Å². The van der Waals surface area contributed by atoms with Crippen molar-refractivity contribution in [3.05, 3.63) is 12.2 Å². The lowest BCUT2D eigenvalue weighted by Gasteiger charge is -2.07. The van der Waals surface area contributed by atoms with Gasteiger partial charge >= 0.3 is 5.97 Å². The Balaban J connectivity index is 3.37. The van der Waals surface area contributed by atoms with Crippen molar-refractivity contribution in [1.82, 2.24) is 0 Å². The number of aliphatic carboxylic acids is 1. The molecule has 0 aliphatic carbocycles. The molecule has 0 saturated carbocycles. The summed E-state index contributed by atoms with van der Waals surface area (Å²) in [5, 5.41) is 8.92. The summed E-state index contributed by atoms with van der Waals surface area (Å²) in [6.07, 6.45) is 19.6. The van der Waals surface area contributed by atoms with E-state index in [1.165, 1.54) is 51.9 Å². The Bertz CT molecular complexity index is 320. The molecule has 0 aromatic carbocycles. The van der Waals surface area contributed by atoms with E-state index < -0.39 is 11.9 Å². The summed E-state index contributed by atoms with van der Waals surface area (Å²) in [7, 11) is 0. The van der Waals surface area contributed by atoms with Crippen LogP contribution < -0.4 is 0 Å². The van der Waals surface area contributed by atoms with Crippen LogP contribution in [0.5, 0.6) is 0 Å². The van der Waals surface area contributed by atoms with Crippen LogP contribution in [0.25, 0.3) is 0 Å². The predicted molar refractivity (Wildman–Crippen MR) is 96.6 cm³/mol. The molecule has 1 N–H and O–H groups in total. The van der Waals surface area contributed by atoms with Gasteiger partial charge in [0.2, 0.25) is 0 Å². The van der Waals surface area contributed by atoms with Crippen LogP contribution in [-0.2, 0) is 9.59 Å². The van der Waals surface area contributed by atoms with Crippen molar-refractivity contribution in [2.24, 2.45) is 5.92 Å². The monoisotopic (exact) mass is 324 g/mol. The minimum absolute atomic E-state index is 0.227. The summed E-state index contributed by atoms with van der Waals surface area (Å²) in [5.74, 6) is -2.00. The Kier molecular flexibility index (Phi) is 15.0. The van der Waals surface area contributed by atoms with Crippen molar-refractivity contribution >= 4 is 11.8 Å². The Hall–Kier alpha value is -1.12. The molecule has 0 rings (SSSR count). The molecule has 0 amide bonds. The second-order valence-corrected chi connectivity index (χ2v) is 6.52. The van der Waals surface area contributed by atoms with Crippen molar-refractivity contribution in [1.29, 1.82) is 0 Å². The van der Waals surface area contributed by atoms with Gasteiger partial charge in [-0.25, -0.2) is 0 Å². The zero-order chi connectivity index (χ0) is 17.3. The van der Waals surface area contributed by atoms with Crippen LogP contribution in [0.4, 0.5) is 0 Å². The molecule has 134 valence electrons. The minimum Gasteiger partial charge on any atom is -0.481 e. The largest absolute Gasteiger partial charge is 0.481 e. The van der Waals surface area contributed by atoms with Gasteiger partial charge in [0.1, 0.15) is 11.7 Å². The number of hydrogen-bond acceptors (Lipinski definition) is 2. The van der Waals surface area contributed by atoms with E-state index in [2.05, 4.69) is 19.1 Å². The molecule has 1 atom stereocenters. The molecule has 0 heterocycles. The molecule has 0 aliphatic rings. The highest BCUT2D eigenvalue weighted by Gasteiger charge is 2.21. The minimum atomic E-state index is -0.977. The van der Waals surface area contributed by atoms with E-state index in [1.54, 1.807) is 0 Å². The van der Waals surface area contributed by atoms with Crippen LogP contribution >= 0.6 is 0 Å². The van der Waals surface area contributed by atoms with E-state index in [0.717, 1.165) is 32.1 Å². The molecule has 0 spiro atoms. The van der Waals surface area contributed by atoms with Gasteiger partial charge in [0.15, 0.2) is 0 Å². The molecule has 0 bridgehead atoms. The van der Waals surface area contributed by atoms with Crippen LogP contribution in [0.1, 0.15) is 97.3 Å². The zero-order valence-corrected chi connectivity index (χ0v) is 15.2. The highest BCUT2D eigenvalue weighted by molar-refractivity contribution is 5.96. The Labute approximate surface area is 142 Å². The maximum Gasteiger partial charge on any atom is 0.314 e. The third-order valence-corrected chi connectivity index (χ3v) is 4.29. The number of carbonyl (C=O) groups excluding carboxylic acids is 1. The normalized spacial score (nSPS) is 12.6. The standard InChI is InChI=1S/C20H36O3/c1-3-4-5-6-7-8-9-10-11-12-13-14-15-16-17-19(18(2)21)20(22)23/h10-11,19H,3-9,12-17H2,1-2H3,(H,22,23)/b11-10-. The first kappa shape index (κ1) is 21.9. The van der Waals surface area contributed by atoms with E-state index in [4.69, 9.17) is 5.11 Å². The average Bonchev–Trinajstić information content (AvgIpc) is 2.50. The van der Waals surface area contributed by atoms with Gasteiger partial charge in [-0.05, 0) is 39.0 Å². The average molecular weight is 325 g/mol. The summed E-state index contributed by atoms with van der Waals surface area (Å²) in [4.78, 5) is 22.0. The quantitative estimate of drug-likeness (QED) is 0.218. The second kappa shape index (κ2) is 15.8. The third kappa shape index (κ3) is 14.2. The highest BCUT2D eigenvalue weighted by Crippen LogP contribution is 2.13. The van der Waals surface area contributed by atoms with Gasteiger partial charge in [-0.2, -0.15) is 0 Å². The van der Waals surface area contributed by atoms with Gasteiger partial charge in [0.05, 0.1) is 0 Å². The first-order valence-electron chi connectivity index (χ1n) is 9.47. The summed E-state index contributed by atoms with van der Waals surface area (Å²) >= 11 is 0.